The number of hydrogen-bond acceptors (Lipinski definition) is 12. The van der Waals surface area contributed by atoms with Crippen LogP contribution in [0.1, 0.15) is 183 Å². The van der Waals surface area contributed by atoms with E-state index in [-0.39, 0.29) is 64.4 Å². The van der Waals surface area contributed by atoms with E-state index in [1.165, 1.54) is 108 Å². The molecule has 0 aliphatic carbocycles. The first kappa shape index (κ1) is 79.6. The van der Waals surface area contributed by atoms with Crippen molar-refractivity contribution in [1.82, 2.24) is 74.1 Å². The third-order valence-corrected chi connectivity index (χ3v) is 23.4. The van der Waals surface area contributed by atoms with Crippen molar-refractivity contribution in [2.75, 3.05) is 72.6 Å². The van der Waals surface area contributed by atoms with Crippen LogP contribution in [-0.4, -0.2) is 176 Å². The summed E-state index contributed by atoms with van der Waals surface area (Å²) < 4.78 is 83.2. The number of piperidine rings is 5. The van der Waals surface area contributed by atoms with Crippen molar-refractivity contribution in [1.29, 1.82) is 0 Å². The molecule has 0 radical (unpaired) electrons. The lowest BCUT2D eigenvalue weighted by molar-refractivity contribution is -0.132. The Balaban J connectivity index is 0.000000115. The van der Waals surface area contributed by atoms with Gasteiger partial charge in [0.2, 0.25) is 17.5 Å². The molecular weight excluding hydrogens is 1500 g/mol. The van der Waals surface area contributed by atoms with Crippen LogP contribution < -0.4 is 4.74 Å². The lowest BCUT2D eigenvalue weighted by atomic mass is 9.89. The molecule has 0 saturated carbocycles. The third-order valence-electron chi connectivity index (χ3n) is 23.4. The van der Waals surface area contributed by atoms with Crippen molar-refractivity contribution in [3.05, 3.63) is 257 Å². The molecule has 5 saturated heterocycles. The van der Waals surface area contributed by atoms with Crippen molar-refractivity contribution < 1.29 is 59.6 Å². The summed E-state index contributed by atoms with van der Waals surface area (Å²) in [6.07, 6.45) is 28.0. The van der Waals surface area contributed by atoms with Gasteiger partial charge in [0, 0.05) is 183 Å². The van der Waals surface area contributed by atoms with Gasteiger partial charge in [-0.3, -0.25) is 24.0 Å². The summed E-state index contributed by atoms with van der Waals surface area (Å²) in [6.45, 7) is 9.21. The smallest absolute Gasteiger partial charge is 0.292 e. The molecule has 0 unspecified atom stereocenters. The summed E-state index contributed by atoms with van der Waals surface area (Å²) in [5, 5.41) is 8.94. The summed E-state index contributed by atoms with van der Waals surface area (Å²) in [5.41, 5.74) is 11.5. The molecule has 28 heteroatoms. The number of imidazole rings is 1. The van der Waals surface area contributed by atoms with Crippen molar-refractivity contribution in [3.63, 3.8) is 0 Å². The molecular formula is C89H92F5N15O8. The molecule has 14 aromatic rings. The van der Waals surface area contributed by atoms with E-state index in [1.54, 1.807) is 52.3 Å². The molecule has 606 valence electrons. The highest BCUT2D eigenvalue weighted by molar-refractivity contribution is 5.95. The number of nitrogens with zero attached hydrogens (tertiary/aromatic N) is 10. The molecule has 14 heterocycles. The molecule has 23 nitrogen and oxygen atoms in total. The Kier molecular flexibility index (Phi) is 24.5. The average Bonchev–Trinajstić information content (AvgIpc) is 1.71. The second-order valence-electron chi connectivity index (χ2n) is 30.6. The number of aryl methyl sites for hydroxylation is 1. The van der Waals surface area contributed by atoms with Crippen molar-refractivity contribution >= 4 is 84.1 Å². The number of hydrogen-bond donors (Lipinski definition) is 5. The molecule has 117 heavy (non-hydrogen) atoms. The van der Waals surface area contributed by atoms with Crippen LogP contribution in [0.4, 0.5) is 22.0 Å². The quantitative estimate of drug-likeness (QED) is 0.0715. The summed E-state index contributed by atoms with van der Waals surface area (Å²) in [6, 6.07) is 31.1. The van der Waals surface area contributed by atoms with Gasteiger partial charge >= 0.3 is 0 Å². The number of nitrogens with one attached hydrogen (secondary N) is 5. The highest BCUT2D eigenvalue weighted by Gasteiger charge is 2.33. The number of fused-ring (bicyclic) bond motifs is 5. The van der Waals surface area contributed by atoms with E-state index < -0.39 is 0 Å². The van der Waals surface area contributed by atoms with Crippen LogP contribution >= 0.6 is 0 Å². The fourth-order valence-corrected chi connectivity index (χ4v) is 17.1. The van der Waals surface area contributed by atoms with Crippen LogP contribution in [-0.2, 0) is 11.8 Å². The van der Waals surface area contributed by atoms with Crippen LogP contribution in [0.5, 0.6) is 5.88 Å². The van der Waals surface area contributed by atoms with Gasteiger partial charge in [0.15, 0.2) is 12.1 Å². The monoisotopic (exact) mass is 1590 g/mol. The topological polar surface area (TPSA) is 272 Å². The molecule has 5 aromatic carbocycles. The first-order valence-electron chi connectivity index (χ1n) is 40.0. The number of carbonyl (C=O) groups is 5. The first-order chi connectivity index (χ1) is 56.9. The predicted molar refractivity (Wildman–Crippen MR) is 433 cm³/mol. The number of amides is 5. The maximum atomic E-state index is 13.4. The van der Waals surface area contributed by atoms with E-state index in [1.807, 2.05) is 94.9 Å². The minimum Gasteiger partial charge on any atom is -0.481 e. The normalized spacial score (nSPS) is 16.0. The highest BCUT2D eigenvalue weighted by atomic mass is 19.1. The molecule has 5 aliphatic heterocycles. The Morgan fingerprint density at radius 1 is 0.436 bits per heavy atom. The summed E-state index contributed by atoms with van der Waals surface area (Å²) in [7, 11) is 3.39. The average molecular weight is 1590 g/mol. The third kappa shape index (κ3) is 18.2. The number of pyridine rings is 1. The number of likely N-dealkylation sites (tertiary alicyclic amines) is 5. The fraction of sp³-hybridized carbons (Fsp3) is 0.337. The Morgan fingerprint density at radius 2 is 0.786 bits per heavy atom. The van der Waals surface area contributed by atoms with Gasteiger partial charge < -0.3 is 67.7 Å². The number of benzene rings is 5. The minimum atomic E-state index is -0.239. The Morgan fingerprint density at radius 3 is 1.10 bits per heavy atom. The van der Waals surface area contributed by atoms with Gasteiger partial charge in [0.05, 0.1) is 19.6 Å². The molecule has 5 aliphatic rings. The highest BCUT2D eigenvalue weighted by Crippen LogP contribution is 2.40. The molecule has 5 fully saturated rings. The van der Waals surface area contributed by atoms with Crippen molar-refractivity contribution in [2.45, 2.75) is 114 Å². The summed E-state index contributed by atoms with van der Waals surface area (Å²) >= 11 is 0. The molecule has 0 spiro atoms. The van der Waals surface area contributed by atoms with E-state index in [9.17, 15) is 45.9 Å². The fourth-order valence-electron chi connectivity index (χ4n) is 17.1. The van der Waals surface area contributed by atoms with E-state index in [0.29, 0.717) is 111 Å². The van der Waals surface area contributed by atoms with Gasteiger partial charge in [0.25, 0.3) is 23.6 Å². The van der Waals surface area contributed by atoms with Crippen molar-refractivity contribution in [2.24, 2.45) is 7.05 Å². The van der Waals surface area contributed by atoms with E-state index in [2.05, 4.69) is 45.0 Å². The summed E-state index contributed by atoms with van der Waals surface area (Å²) in [5.74, 6) is 1.52. The first-order valence-corrected chi connectivity index (χ1v) is 40.0. The zero-order chi connectivity index (χ0) is 81.2. The van der Waals surface area contributed by atoms with Gasteiger partial charge in [-0.25, -0.2) is 36.9 Å². The van der Waals surface area contributed by atoms with Crippen LogP contribution in [0, 0.1) is 29.1 Å². The maximum absolute atomic E-state index is 13.4. The molecule has 5 amide bonds. The van der Waals surface area contributed by atoms with Crippen LogP contribution in [0.2, 0.25) is 0 Å². The second-order valence-corrected chi connectivity index (χ2v) is 30.6. The van der Waals surface area contributed by atoms with Crippen LogP contribution in [0.15, 0.2) is 187 Å². The molecule has 0 bridgehead atoms. The number of methoxy groups -OCH3 is 1. The Bertz CT molecular complexity index is 5630. The molecule has 9 aromatic heterocycles. The second kappa shape index (κ2) is 36.0. The number of halogens is 5. The van der Waals surface area contributed by atoms with Crippen LogP contribution in [0.3, 0.4) is 0 Å². The van der Waals surface area contributed by atoms with Gasteiger partial charge in [0.1, 0.15) is 46.7 Å². The molecule has 0 atom stereocenters. The van der Waals surface area contributed by atoms with E-state index >= 15 is 0 Å². The maximum Gasteiger partial charge on any atom is 0.292 e. The van der Waals surface area contributed by atoms with E-state index in [0.717, 1.165) is 138 Å². The number of aromatic amines is 5. The number of rotatable bonds is 12. The zero-order valence-electron chi connectivity index (χ0n) is 65.3. The molecule has 5 N–H and O–H groups in total. The van der Waals surface area contributed by atoms with Gasteiger partial charge in [-0.15, -0.1) is 0 Å². The zero-order valence-corrected chi connectivity index (χ0v) is 65.3. The number of H-pyrrole nitrogens is 5. The standard InChI is InChI=1S/C20H20FN3O2.C18H19FN4O.2C17H16FN3O2.C17H21FN2O/c1-26-19-4-2-3-17(23-19)20(25)24-9-7-13(8-10-24)16-12-22-18-11-14(21)5-6-15(16)18;1-22-10-17(21-11-22)18(24)23-6-4-12(5-7-23)15-9-20-16-8-13(19)2-3-14(15)16;18-12-1-2-13-14(10-19-15(13)9-12)11-4-7-21(8-5-11)17(22)16-3-6-20-23-16;18-12-1-2-13-14(8-19-15(13)7-12)11-3-5-21(6-4-11)17(22)16-9-23-10-20-16;1-2-3-17(21)20-8-6-12(7-9-20)15-11-19-16-10-13(18)4-5-14(15)16/h2-6,11-13,22H,7-10H2,1H3;2-3,8-12,20H,4-7H2,1H3;1-3,6,9-11,19H,4-5,7-8H2;1-2,7-11,19H,3-6H2;4-5,10-12,19H,2-3,6-9H2,1H3. The molecule has 19 rings (SSSR count). The van der Waals surface area contributed by atoms with Gasteiger partial charge in [-0.2, -0.15) is 0 Å². The Labute approximate surface area is 670 Å². The van der Waals surface area contributed by atoms with Gasteiger partial charge in [-0.05, 0) is 225 Å². The van der Waals surface area contributed by atoms with Crippen molar-refractivity contribution in [3.8, 4) is 5.88 Å². The predicted octanol–water partition coefficient (Wildman–Crippen LogP) is 17.2. The number of ether oxygens (including phenoxy) is 1. The minimum absolute atomic E-state index is 0.00459. The summed E-state index contributed by atoms with van der Waals surface area (Å²) in [4.78, 5) is 98.9. The SMILES string of the molecule is CCCC(=O)N1CCC(c2c[nH]c3cc(F)ccc23)CC1.COc1cccc(C(=O)N2CCC(c3c[nH]c4cc(F)ccc34)CC2)n1.Cn1cnc(C(=O)N2CCC(c3c[nH]c4cc(F)ccc34)CC2)c1.O=C(c1ccno1)N1CCC(c2c[nH]c3cc(F)ccc23)CC1.O=C(c1cocn1)N1CCC(c2c[nH]c3cc(F)ccc23)CC1. The Hall–Kier alpha value is -12.6. The van der Waals surface area contributed by atoms with Gasteiger partial charge in [-0.1, -0.05) is 18.1 Å². The number of oxazole rings is 1. The van der Waals surface area contributed by atoms with Crippen LogP contribution in [0.25, 0.3) is 54.5 Å². The number of aromatic nitrogens is 10. The van der Waals surface area contributed by atoms with E-state index in [4.69, 9.17) is 13.7 Å². The lowest BCUT2D eigenvalue weighted by Crippen LogP contribution is -2.38. The number of carbonyl (C=O) groups excluding carboxylic acids is 5. The largest absolute Gasteiger partial charge is 0.481 e. The lowest BCUT2D eigenvalue weighted by Gasteiger charge is -2.32.